The van der Waals surface area contributed by atoms with E-state index in [0.29, 0.717) is 12.0 Å². The van der Waals surface area contributed by atoms with Crippen LogP contribution in [0.1, 0.15) is 24.0 Å². The number of rotatable bonds is 2. The van der Waals surface area contributed by atoms with Crippen molar-refractivity contribution >= 4 is 24.8 Å². The van der Waals surface area contributed by atoms with Gasteiger partial charge in [0.15, 0.2) is 0 Å². The molecular weight excluding hydrogens is 267 g/mol. The summed E-state index contributed by atoms with van der Waals surface area (Å²) in [6, 6.07) is 8.76. The van der Waals surface area contributed by atoms with E-state index >= 15 is 0 Å². The van der Waals surface area contributed by atoms with Crippen LogP contribution in [0.25, 0.3) is 0 Å². The quantitative estimate of drug-likeness (QED) is 0.906. The van der Waals surface area contributed by atoms with Crippen LogP contribution in [-0.2, 0) is 12.0 Å². The van der Waals surface area contributed by atoms with Gasteiger partial charge in [0.2, 0.25) is 0 Å². The summed E-state index contributed by atoms with van der Waals surface area (Å²) in [5, 5.41) is 0. The summed E-state index contributed by atoms with van der Waals surface area (Å²) >= 11 is 0. The van der Waals surface area contributed by atoms with Gasteiger partial charge >= 0.3 is 0 Å². The van der Waals surface area contributed by atoms with Gasteiger partial charge in [-0.3, -0.25) is 0 Å². The first-order valence-corrected chi connectivity index (χ1v) is 6.23. The zero-order valence-corrected chi connectivity index (χ0v) is 12.4. The number of nitrogens with two attached hydrogens (primary N) is 1. The monoisotopic (exact) mass is 288 g/mol. The average molecular weight is 289 g/mol. The summed E-state index contributed by atoms with van der Waals surface area (Å²) in [4.78, 5) is 2.46. The minimum absolute atomic E-state index is 0. The first-order valence-electron chi connectivity index (χ1n) is 6.23. The Morgan fingerprint density at radius 1 is 1.33 bits per heavy atom. The Balaban J connectivity index is 0.000000810. The molecule has 2 fully saturated rings. The number of fused-ring (bicyclic) bond motifs is 1. The van der Waals surface area contributed by atoms with Crippen molar-refractivity contribution < 1.29 is 0 Å². The van der Waals surface area contributed by atoms with Gasteiger partial charge in [-0.1, -0.05) is 24.3 Å². The molecule has 2 N–H and O–H groups in total. The smallest absolute Gasteiger partial charge is 0.0181 e. The maximum absolute atomic E-state index is 5.85. The normalized spacial score (nSPS) is 29.8. The second kappa shape index (κ2) is 5.79. The van der Waals surface area contributed by atoms with Crippen molar-refractivity contribution in [3.8, 4) is 0 Å². The lowest BCUT2D eigenvalue weighted by Gasteiger charge is -2.30. The summed E-state index contributed by atoms with van der Waals surface area (Å²) in [6.45, 7) is 3.18. The predicted molar refractivity (Wildman–Crippen MR) is 80.7 cm³/mol. The van der Waals surface area contributed by atoms with E-state index < -0.39 is 0 Å². The van der Waals surface area contributed by atoms with Crippen LogP contribution in [-0.4, -0.2) is 25.0 Å². The molecule has 1 aliphatic carbocycles. The van der Waals surface area contributed by atoms with Crippen LogP contribution < -0.4 is 5.73 Å². The van der Waals surface area contributed by atoms with E-state index in [1.165, 1.54) is 37.1 Å². The number of hydrogen-bond donors (Lipinski definition) is 1. The Labute approximate surface area is 122 Å². The summed E-state index contributed by atoms with van der Waals surface area (Å²) in [5.41, 5.74) is 9.23. The van der Waals surface area contributed by atoms with Gasteiger partial charge in [0.1, 0.15) is 0 Å². The lowest BCUT2D eigenvalue weighted by molar-refractivity contribution is 0.248. The maximum Gasteiger partial charge on any atom is 0.0181 e. The number of nitrogens with zero attached hydrogens (tertiary/aromatic N) is 1. The molecule has 2 atom stereocenters. The number of piperidine rings is 1. The van der Waals surface area contributed by atoms with Crippen LogP contribution in [0, 0.1) is 5.92 Å². The van der Waals surface area contributed by atoms with Gasteiger partial charge in [0.25, 0.3) is 0 Å². The molecule has 102 valence electrons. The molecule has 1 aliphatic heterocycles. The van der Waals surface area contributed by atoms with E-state index in [9.17, 15) is 0 Å². The highest BCUT2D eigenvalue weighted by molar-refractivity contribution is 5.85. The van der Waals surface area contributed by atoms with Gasteiger partial charge in [-0.05, 0) is 43.5 Å². The van der Waals surface area contributed by atoms with E-state index in [1.54, 1.807) is 0 Å². The van der Waals surface area contributed by atoms with Crippen LogP contribution in [0.15, 0.2) is 24.3 Å². The molecule has 18 heavy (non-hydrogen) atoms. The topological polar surface area (TPSA) is 29.3 Å². The zero-order chi connectivity index (χ0) is 11.2. The van der Waals surface area contributed by atoms with Crippen LogP contribution in [0.2, 0.25) is 0 Å². The van der Waals surface area contributed by atoms with Crippen LogP contribution in [0.4, 0.5) is 0 Å². The largest absolute Gasteiger partial charge is 0.326 e. The average Bonchev–Trinajstić information content (AvgIpc) is 3.03. The standard InChI is InChI=1S/C14H20N2.2ClH/c1-16-7-6-14(8-12(14)10-16)13-5-3-2-4-11(13)9-15;;/h2-5,12H,6-10,15H2,1H3;2*1H. The minimum Gasteiger partial charge on any atom is -0.326 e. The first kappa shape index (κ1) is 15.8. The molecule has 2 unspecified atom stereocenters. The Morgan fingerprint density at radius 2 is 2.06 bits per heavy atom. The molecule has 0 amide bonds. The lowest BCUT2D eigenvalue weighted by Crippen LogP contribution is -2.34. The Hall–Kier alpha value is -0.280. The first-order chi connectivity index (χ1) is 7.76. The molecular formula is C14H22Cl2N2. The fourth-order valence-electron chi connectivity index (χ4n) is 3.43. The summed E-state index contributed by atoms with van der Waals surface area (Å²) < 4.78 is 0. The van der Waals surface area contributed by atoms with Crippen LogP contribution >= 0.6 is 24.8 Å². The Kier molecular flexibility index (Phi) is 5.07. The fraction of sp³-hybridized carbons (Fsp3) is 0.571. The van der Waals surface area contributed by atoms with Crippen molar-refractivity contribution in [3.05, 3.63) is 35.4 Å². The highest BCUT2D eigenvalue weighted by Crippen LogP contribution is 2.59. The maximum atomic E-state index is 5.85. The van der Waals surface area contributed by atoms with Gasteiger partial charge in [0, 0.05) is 18.5 Å². The van der Waals surface area contributed by atoms with E-state index in [-0.39, 0.29) is 24.8 Å². The highest BCUT2D eigenvalue weighted by atomic mass is 35.5. The molecule has 1 saturated carbocycles. The second-order valence-electron chi connectivity index (χ2n) is 5.43. The third-order valence-electron chi connectivity index (χ3n) is 4.48. The molecule has 0 radical (unpaired) electrons. The molecule has 4 heteroatoms. The van der Waals surface area contributed by atoms with Crippen molar-refractivity contribution in [1.82, 2.24) is 4.90 Å². The van der Waals surface area contributed by atoms with E-state index in [0.717, 1.165) is 5.92 Å². The number of likely N-dealkylation sites (tertiary alicyclic amines) is 1. The molecule has 0 bridgehead atoms. The van der Waals surface area contributed by atoms with Gasteiger partial charge in [0.05, 0.1) is 0 Å². The van der Waals surface area contributed by atoms with Gasteiger partial charge < -0.3 is 10.6 Å². The van der Waals surface area contributed by atoms with Crippen molar-refractivity contribution in [1.29, 1.82) is 0 Å². The lowest BCUT2D eigenvalue weighted by atomic mass is 9.84. The molecule has 2 nitrogen and oxygen atoms in total. The van der Waals surface area contributed by atoms with Gasteiger partial charge in [-0.2, -0.15) is 0 Å². The Bertz CT molecular complexity index is 411. The molecule has 0 spiro atoms. The van der Waals surface area contributed by atoms with E-state index in [2.05, 4.69) is 36.2 Å². The second-order valence-corrected chi connectivity index (χ2v) is 5.43. The van der Waals surface area contributed by atoms with E-state index in [4.69, 9.17) is 5.73 Å². The number of halogens is 2. The summed E-state index contributed by atoms with van der Waals surface area (Å²) in [7, 11) is 2.23. The summed E-state index contributed by atoms with van der Waals surface area (Å²) in [5.74, 6) is 0.874. The molecule has 0 aromatic heterocycles. The van der Waals surface area contributed by atoms with Gasteiger partial charge in [-0.15, -0.1) is 24.8 Å². The predicted octanol–water partition coefficient (Wildman–Crippen LogP) is 2.58. The van der Waals surface area contributed by atoms with Crippen LogP contribution in [0.5, 0.6) is 0 Å². The summed E-state index contributed by atoms with van der Waals surface area (Å²) in [6.07, 6.45) is 2.68. The Morgan fingerprint density at radius 3 is 2.72 bits per heavy atom. The molecule has 1 aromatic rings. The van der Waals surface area contributed by atoms with Crippen molar-refractivity contribution in [3.63, 3.8) is 0 Å². The minimum atomic E-state index is 0. The molecule has 3 rings (SSSR count). The molecule has 1 aromatic carbocycles. The van der Waals surface area contributed by atoms with Crippen molar-refractivity contribution in [2.24, 2.45) is 11.7 Å². The fourth-order valence-corrected chi connectivity index (χ4v) is 3.43. The molecule has 2 aliphatic rings. The highest BCUT2D eigenvalue weighted by Gasteiger charge is 2.57. The SMILES string of the molecule is CN1CCC2(c3ccccc3CN)CC2C1.Cl.Cl. The van der Waals surface area contributed by atoms with Crippen molar-refractivity contribution in [2.45, 2.75) is 24.8 Å². The van der Waals surface area contributed by atoms with Crippen molar-refractivity contribution in [2.75, 3.05) is 20.1 Å². The van der Waals surface area contributed by atoms with Crippen LogP contribution in [0.3, 0.4) is 0 Å². The number of hydrogen-bond acceptors (Lipinski definition) is 2. The third-order valence-corrected chi connectivity index (χ3v) is 4.48. The zero-order valence-electron chi connectivity index (χ0n) is 10.8. The van der Waals surface area contributed by atoms with E-state index in [1.807, 2.05) is 0 Å². The molecule has 1 saturated heterocycles. The third kappa shape index (κ3) is 2.39. The van der Waals surface area contributed by atoms with Gasteiger partial charge in [-0.25, -0.2) is 0 Å². The number of benzene rings is 1. The molecule has 1 heterocycles.